The molecule has 1 amide bonds. The minimum Gasteiger partial charge on any atom is -0.481 e. The van der Waals surface area contributed by atoms with E-state index >= 15 is 0 Å². The van der Waals surface area contributed by atoms with Gasteiger partial charge in [-0.3, -0.25) is 4.79 Å². The number of rotatable bonds is 5. The maximum atomic E-state index is 12.0. The number of ether oxygens (including phenoxy) is 1. The predicted molar refractivity (Wildman–Crippen MR) is 81.0 cm³/mol. The third-order valence-corrected chi connectivity index (χ3v) is 3.06. The molecule has 0 fully saturated rings. The van der Waals surface area contributed by atoms with E-state index in [4.69, 9.17) is 4.74 Å². The Morgan fingerprint density at radius 1 is 1.10 bits per heavy atom. The molecule has 0 aliphatic carbocycles. The summed E-state index contributed by atoms with van der Waals surface area (Å²) >= 11 is 0. The summed E-state index contributed by atoms with van der Waals surface area (Å²) in [5, 5.41) is 2.82. The summed E-state index contributed by atoms with van der Waals surface area (Å²) in [7, 11) is 0. The van der Waals surface area contributed by atoms with Crippen LogP contribution in [0.2, 0.25) is 0 Å². The lowest BCUT2D eigenvalue weighted by molar-refractivity contribution is -0.122. The molecule has 20 heavy (non-hydrogen) atoms. The first-order chi connectivity index (χ1) is 9.69. The van der Waals surface area contributed by atoms with Gasteiger partial charge in [-0.15, -0.1) is 0 Å². The normalized spacial score (nSPS) is 11.7. The first kappa shape index (κ1) is 14.1. The largest absolute Gasteiger partial charge is 0.481 e. The van der Waals surface area contributed by atoms with Gasteiger partial charge in [-0.05, 0) is 43.2 Å². The molecule has 2 aromatic rings. The summed E-state index contributed by atoms with van der Waals surface area (Å²) in [6.07, 6.45) is 0.451. The number of aryl methyl sites for hydroxylation is 1. The van der Waals surface area contributed by atoms with Gasteiger partial charge in [0, 0.05) is 5.69 Å². The first-order valence-corrected chi connectivity index (χ1v) is 6.80. The van der Waals surface area contributed by atoms with E-state index in [-0.39, 0.29) is 5.91 Å². The maximum absolute atomic E-state index is 12.0. The van der Waals surface area contributed by atoms with Crippen molar-refractivity contribution in [3.8, 4) is 5.75 Å². The molecule has 0 saturated carbocycles. The molecule has 2 rings (SSSR count). The van der Waals surface area contributed by atoms with Crippen molar-refractivity contribution < 1.29 is 9.53 Å². The Bertz CT molecular complexity index is 549. The second kappa shape index (κ2) is 6.75. The van der Waals surface area contributed by atoms with Crippen molar-refractivity contribution in [2.75, 3.05) is 5.32 Å². The number of carbonyl (C=O) groups is 1. The van der Waals surface area contributed by atoms with Crippen molar-refractivity contribution >= 4 is 11.6 Å². The van der Waals surface area contributed by atoms with Crippen molar-refractivity contribution in [3.63, 3.8) is 0 Å². The van der Waals surface area contributed by atoms with Crippen molar-refractivity contribution in [1.82, 2.24) is 0 Å². The van der Waals surface area contributed by atoms with Gasteiger partial charge in [0.25, 0.3) is 5.91 Å². The first-order valence-electron chi connectivity index (χ1n) is 6.80. The molecule has 1 N–H and O–H groups in total. The Kier molecular flexibility index (Phi) is 4.77. The molecule has 0 radical (unpaired) electrons. The zero-order valence-corrected chi connectivity index (χ0v) is 11.8. The summed E-state index contributed by atoms with van der Waals surface area (Å²) in [6.45, 7) is 3.85. The molecule has 0 aliphatic rings. The van der Waals surface area contributed by atoms with Gasteiger partial charge >= 0.3 is 0 Å². The third kappa shape index (κ3) is 3.85. The van der Waals surface area contributed by atoms with Gasteiger partial charge in [-0.25, -0.2) is 0 Å². The average molecular weight is 269 g/mol. The van der Waals surface area contributed by atoms with E-state index in [1.165, 1.54) is 5.56 Å². The van der Waals surface area contributed by atoms with E-state index in [1.54, 1.807) is 6.92 Å². The minimum atomic E-state index is -0.539. The van der Waals surface area contributed by atoms with Crippen LogP contribution in [0, 0.1) is 0 Å². The standard InChI is InChI=1S/C17H19NO2/c1-3-14-9-11-16(12-10-14)20-13(2)17(19)18-15-7-5-4-6-8-15/h4-13H,3H2,1-2H3,(H,18,19)/t13-/m0/s1. The predicted octanol–water partition coefficient (Wildman–Crippen LogP) is 3.66. The van der Waals surface area contributed by atoms with Crippen LogP contribution >= 0.6 is 0 Å². The summed E-state index contributed by atoms with van der Waals surface area (Å²) in [4.78, 5) is 12.0. The van der Waals surface area contributed by atoms with Gasteiger partial charge in [0.05, 0.1) is 0 Å². The lowest BCUT2D eigenvalue weighted by Crippen LogP contribution is -2.30. The van der Waals surface area contributed by atoms with E-state index in [2.05, 4.69) is 12.2 Å². The van der Waals surface area contributed by atoms with Crippen molar-refractivity contribution in [2.45, 2.75) is 26.4 Å². The van der Waals surface area contributed by atoms with E-state index in [1.807, 2.05) is 54.6 Å². The molecule has 0 saturated heterocycles. The summed E-state index contributed by atoms with van der Waals surface area (Å²) in [5.41, 5.74) is 2.02. The molecule has 3 heteroatoms. The van der Waals surface area contributed by atoms with Crippen molar-refractivity contribution in [2.24, 2.45) is 0 Å². The lowest BCUT2D eigenvalue weighted by atomic mass is 10.2. The molecule has 0 aromatic heterocycles. The molecule has 104 valence electrons. The van der Waals surface area contributed by atoms with Crippen LogP contribution in [0.15, 0.2) is 54.6 Å². The van der Waals surface area contributed by atoms with Crippen LogP contribution in [-0.4, -0.2) is 12.0 Å². The van der Waals surface area contributed by atoms with E-state index in [9.17, 15) is 4.79 Å². The highest BCUT2D eigenvalue weighted by atomic mass is 16.5. The van der Waals surface area contributed by atoms with Gasteiger partial charge in [0.2, 0.25) is 0 Å². The fourth-order valence-corrected chi connectivity index (χ4v) is 1.83. The van der Waals surface area contributed by atoms with Gasteiger partial charge in [-0.2, -0.15) is 0 Å². The lowest BCUT2D eigenvalue weighted by Gasteiger charge is -2.15. The van der Waals surface area contributed by atoms with Crippen LogP contribution in [0.4, 0.5) is 5.69 Å². The highest BCUT2D eigenvalue weighted by Gasteiger charge is 2.14. The van der Waals surface area contributed by atoms with Crippen LogP contribution in [0.25, 0.3) is 0 Å². The van der Waals surface area contributed by atoms with Crippen LogP contribution < -0.4 is 10.1 Å². The zero-order chi connectivity index (χ0) is 14.4. The Hall–Kier alpha value is -2.29. The number of benzene rings is 2. The molecule has 0 aliphatic heterocycles. The summed E-state index contributed by atoms with van der Waals surface area (Å²) < 4.78 is 5.64. The molecule has 1 atom stereocenters. The second-order valence-electron chi connectivity index (χ2n) is 4.61. The van der Waals surface area contributed by atoms with Crippen LogP contribution in [-0.2, 0) is 11.2 Å². The Balaban J connectivity index is 1.93. The molecular weight excluding hydrogens is 250 g/mol. The number of hydrogen-bond acceptors (Lipinski definition) is 2. The van der Waals surface area contributed by atoms with Crippen molar-refractivity contribution in [1.29, 1.82) is 0 Å². The maximum Gasteiger partial charge on any atom is 0.265 e. The van der Waals surface area contributed by atoms with E-state index in [0.29, 0.717) is 5.75 Å². The van der Waals surface area contributed by atoms with E-state index < -0.39 is 6.10 Å². The van der Waals surface area contributed by atoms with Crippen LogP contribution in [0.3, 0.4) is 0 Å². The molecule has 0 bridgehead atoms. The molecule has 3 nitrogen and oxygen atoms in total. The van der Waals surface area contributed by atoms with Gasteiger partial charge in [0.15, 0.2) is 6.10 Å². The SMILES string of the molecule is CCc1ccc(O[C@@H](C)C(=O)Nc2ccccc2)cc1. The fraction of sp³-hybridized carbons (Fsp3) is 0.235. The highest BCUT2D eigenvalue weighted by Crippen LogP contribution is 2.15. The molecule has 2 aromatic carbocycles. The highest BCUT2D eigenvalue weighted by molar-refractivity contribution is 5.94. The third-order valence-electron chi connectivity index (χ3n) is 3.06. The quantitative estimate of drug-likeness (QED) is 0.899. The number of para-hydroxylation sites is 1. The number of anilines is 1. The summed E-state index contributed by atoms with van der Waals surface area (Å²) in [5.74, 6) is 0.550. The molecule has 0 unspecified atom stereocenters. The number of hydrogen-bond donors (Lipinski definition) is 1. The van der Waals surface area contributed by atoms with Crippen LogP contribution in [0.5, 0.6) is 5.75 Å². The number of nitrogens with one attached hydrogen (secondary N) is 1. The number of carbonyl (C=O) groups excluding carboxylic acids is 1. The van der Waals surface area contributed by atoms with Crippen LogP contribution in [0.1, 0.15) is 19.4 Å². The van der Waals surface area contributed by atoms with Gasteiger partial charge < -0.3 is 10.1 Å². The number of amides is 1. The van der Waals surface area contributed by atoms with Crippen molar-refractivity contribution in [3.05, 3.63) is 60.2 Å². The fourth-order valence-electron chi connectivity index (χ4n) is 1.83. The minimum absolute atomic E-state index is 0.157. The Morgan fingerprint density at radius 3 is 2.35 bits per heavy atom. The zero-order valence-electron chi connectivity index (χ0n) is 11.8. The van der Waals surface area contributed by atoms with E-state index in [0.717, 1.165) is 12.1 Å². The second-order valence-corrected chi connectivity index (χ2v) is 4.61. The smallest absolute Gasteiger partial charge is 0.265 e. The topological polar surface area (TPSA) is 38.3 Å². The monoisotopic (exact) mass is 269 g/mol. The Labute approximate surface area is 119 Å². The molecule has 0 spiro atoms. The van der Waals surface area contributed by atoms with Gasteiger partial charge in [-0.1, -0.05) is 37.3 Å². The average Bonchev–Trinajstić information content (AvgIpc) is 2.49. The Morgan fingerprint density at radius 2 is 1.75 bits per heavy atom. The molecular formula is C17H19NO2. The molecule has 0 heterocycles. The summed E-state index contributed by atoms with van der Waals surface area (Å²) in [6, 6.07) is 17.2. The van der Waals surface area contributed by atoms with Gasteiger partial charge in [0.1, 0.15) is 5.75 Å².